The van der Waals surface area contributed by atoms with Crippen molar-refractivity contribution in [3.63, 3.8) is 0 Å². The molecule has 0 N–H and O–H groups in total. The minimum Gasteiger partial charge on any atom is -0.493 e. The second-order valence-corrected chi connectivity index (χ2v) is 6.06. The number of rotatable bonds is 7. The van der Waals surface area contributed by atoms with E-state index in [-0.39, 0.29) is 6.29 Å². The van der Waals surface area contributed by atoms with Crippen molar-refractivity contribution in [2.45, 2.75) is 39.4 Å². The van der Waals surface area contributed by atoms with Gasteiger partial charge in [-0.05, 0) is 61.6 Å². The van der Waals surface area contributed by atoms with Crippen molar-refractivity contribution in [1.29, 1.82) is 0 Å². The Morgan fingerprint density at radius 2 is 1.88 bits per heavy atom. The molecule has 0 saturated carbocycles. The highest BCUT2D eigenvalue weighted by atomic mass is 16.7. The van der Waals surface area contributed by atoms with Crippen molar-refractivity contribution in [1.82, 2.24) is 20.2 Å². The van der Waals surface area contributed by atoms with Crippen LogP contribution in [0.4, 0.5) is 0 Å². The monoisotopic (exact) mass is 332 g/mol. The highest BCUT2D eigenvalue weighted by Crippen LogP contribution is 2.28. The Labute approximate surface area is 141 Å². The summed E-state index contributed by atoms with van der Waals surface area (Å²) in [5, 5.41) is 12.2. The van der Waals surface area contributed by atoms with Gasteiger partial charge in [0, 0.05) is 5.56 Å². The first-order chi connectivity index (χ1) is 11.6. The molecule has 2 aromatic rings. The molecule has 0 spiro atoms. The third-order valence-corrected chi connectivity index (χ3v) is 4.00. The predicted octanol–water partition coefficient (Wildman–Crippen LogP) is 2.42. The average molecular weight is 332 g/mol. The Bertz CT molecular complexity index is 657. The minimum atomic E-state index is -0.0211. The maximum atomic E-state index is 5.99. The summed E-state index contributed by atoms with van der Waals surface area (Å²) in [4.78, 5) is 1.46. The van der Waals surface area contributed by atoms with Crippen LogP contribution in [0.25, 0.3) is 11.4 Å². The van der Waals surface area contributed by atoms with E-state index in [1.807, 2.05) is 26.0 Å². The lowest BCUT2D eigenvalue weighted by atomic mass is 10.1. The molecule has 1 saturated heterocycles. The van der Waals surface area contributed by atoms with Crippen molar-refractivity contribution in [3.05, 3.63) is 23.3 Å². The van der Waals surface area contributed by atoms with E-state index in [2.05, 4.69) is 15.4 Å². The fourth-order valence-electron chi connectivity index (χ4n) is 2.87. The standard InChI is InChI=1S/C17H24N4O3/c1-12-10-14(17-18-20-21(3)19-17)11-13(2)16(12)24-7-5-4-6-15-22-8-9-23-15/h10-11,15H,4-9H2,1-3H3. The van der Waals surface area contributed by atoms with Crippen LogP contribution in [0.1, 0.15) is 30.4 Å². The van der Waals surface area contributed by atoms with E-state index in [9.17, 15) is 0 Å². The van der Waals surface area contributed by atoms with Gasteiger partial charge >= 0.3 is 0 Å². The molecule has 1 aromatic heterocycles. The van der Waals surface area contributed by atoms with Gasteiger partial charge < -0.3 is 14.2 Å². The second kappa shape index (κ2) is 7.72. The summed E-state index contributed by atoms with van der Waals surface area (Å²) >= 11 is 0. The molecule has 1 aliphatic heterocycles. The topological polar surface area (TPSA) is 71.3 Å². The summed E-state index contributed by atoms with van der Waals surface area (Å²) in [6, 6.07) is 4.08. The first-order valence-electron chi connectivity index (χ1n) is 8.35. The molecule has 130 valence electrons. The highest BCUT2D eigenvalue weighted by Gasteiger charge is 2.15. The molecule has 0 unspecified atom stereocenters. The predicted molar refractivity (Wildman–Crippen MR) is 88.7 cm³/mol. The minimum absolute atomic E-state index is 0.0211. The van der Waals surface area contributed by atoms with Gasteiger partial charge in [0.2, 0.25) is 5.82 Å². The Hall–Kier alpha value is -1.99. The summed E-state index contributed by atoms with van der Waals surface area (Å²) < 4.78 is 16.8. The van der Waals surface area contributed by atoms with E-state index in [0.29, 0.717) is 25.6 Å². The van der Waals surface area contributed by atoms with Crippen LogP contribution in [0, 0.1) is 13.8 Å². The van der Waals surface area contributed by atoms with Gasteiger partial charge in [0.15, 0.2) is 6.29 Å². The summed E-state index contributed by atoms with van der Waals surface area (Å²) in [7, 11) is 1.76. The van der Waals surface area contributed by atoms with Gasteiger partial charge in [-0.25, -0.2) is 0 Å². The van der Waals surface area contributed by atoms with E-state index in [1.54, 1.807) is 7.05 Å². The molecule has 0 atom stereocenters. The van der Waals surface area contributed by atoms with Crippen molar-refractivity contribution < 1.29 is 14.2 Å². The van der Waals surface area contributed by atoms with Gasteiger partial charge in [-0.15, -0.1) is 10.2 Å². The lowest BCUT2D eigenvalue weighted by molar-refractivity contribution is -0.0482. The lowest BCUT2D eigenvalue weighted by Gasteiger charge is -2.14. The van der Waals surface area contributed by atoms with Crippen molar-refractivity contribution in [3.8, 4) is 17.1 Å². The second-order valence-electron chi connectivity index (χ2n) is 6.06. The Kier molecular flexibility index (Phi) is 5.42. The lowest BCUT2D eigenvalue weighted by Crippen LogP contribution is -2.08. The third kappa shape index (κ3) is 4.10. The highest BCUT2D eigenvalue weighted by molar-refractivity contribution is 5.60. The van der Waals surface area contributed by atoms with Crippen LogP contribution in [0.2, 0.25) is 0 Å². The summed E-state index contributed by atoms with van der Waals surface area (Å²) in [6.07, 6.45) is 2.92. The molecule has 24 heavy (non-hydrogen) atoms. The zero-order valence-corrected chi connectivity index (χ0v) is 14.5. The largest absolute Gasteiger partial charge is 0.493 e. The van der Waals surface area contributed by atoms with Crippen molar-refractivity contribution in [2.75, 3.05) is 19.8 Å². The number of hydrogen-bond donors (Lipinski definition) is 0. The summed E-state index contributed by atoms with van der Waals surface area (Å²) in [5.74, 6) is 1.57. The first-order valence-corrected chi connectivity index (χ1v) is 8.35. The van der Waals surface area contributed by atoms with Crippen LogP contribution < -0.4 is 4.74 Å². The Morgan fingerprint density at radius 3 is 2.50 bits per heavy atom. The molecular weight excluding hydrogens is 308 g/mol. The molecule has 1 aromatic carbocycles. The number of unbranched alkanes of at least 4 members (excludes halogenated alkanes) is 1. The van der Waals surface area contributed by atoms with Crippen LogP contribution in [0.15, 0.2) is 12.1 Å². The normalized spacial score (nSPS) is 15.1. The van der Waals surface area contributed by atoms with Crippen LogP contribution in [-0.2, 0) is 16.5 Å². The van der Waals surface area contributed by atoms with Gasteiger partial charge in [-0.1, -0.05) is 0 Å². The number of benzene rings is 1. The van der Waals surface area contributed by atoms with Gasteiger partial charge in [0.05, 0.1) is 26.9 Å². The molecular formula is C17H24N4O3. The number of tetrazole rings is 1. The van der Waals surface area contributed by atoms with Gasteiger partial charge in [-0.2, -0.15) is 4.80 Å². The number of ether oxygens (including phenoxy) is 3. The average Bonchev–Trinajstić information content (AvgIpc) is 3.20. The number of hydrogen-bond acceptors (Lipinski definition) is 6. The third-order valence-electron chi connectivity index (χ3n) is 4.00. The molecule has 0 amide bonds. The van der Waals surface area contributed by atoms with Crippen LogP contribution in [0.5, 0.6) is 5.75 Å². The molecule has 0 radical (unpaired) electrons. The molecule has 7 heteroatoms. The smallest absolute Gasteiger partial charge is 0.204 e. The van der Waals surface area contributed by atoms with Gasteiger partial charge in [-0.3, -0.25) is 0 Å². The zero-order chi connectivity index (χ0) is 16.9. The van der Waals surface area contributed by atoms with E-state index < -0.39 is 0 Å². The zero-order valence-electron chi connectivity index (χ0n) is 14.5. The van der Waals surface area contributed by atoms with E-state index in [0.717, 1.165) is 41.7 Å². The molecule has 7 nitrogen and oxygen atoms in total. The number of aryl methyl sites for hydroxylation is 3. The first kappa shape index (κ1) is 16.9. The molecule has 0 bridgehead atoms. The Morgan fingerprint density at radius 1 is 1.17 bits per heavy atom. The van der Waals surface area contributed by atoms with Crippen molar-refractivity contribution in [2.24, 2.45) is 7.05 Å². The number of aromatic nitrogens is 4. The molecule has 0 aliphatic carbocycles. The molecule has 1 aliphatic rings. The van der Waals surface area contributed by atoms with Gasteiger partial charge in [0.1, 0.15) is 5.75 Å². The molecule has 1 fully saturated rings. The molecule has 2 heterocycles. The van der Waals surface area contributed by atoms with Crippen LogP contribution in [-0.4, -0.2) is 46.3 Å². The summed E-state index contributed by atoms with van der Waals surface area (Å²) in [5.41, 5.74) is 3.13. The van der Waals surface area contributed by atoms with E-state index in [1.165, 1.54) is 4.80 Å². The maximum Gasteiger partial charge on any atom is 0.204 e. The van der Waals surface area contributed by atoms with Crippen molar-refractivity contribution >= 4 is 0 Å². The quantitative estimate of drug-likeness (QED) is 0.725. The maximum absolute atomic E-state index is 5.99. The van der Waals surface area contributed by atoms with E-state index >= 15 is 0 Å². The molecule has 3 rings (SSSR count). The van der Waals surface area contributed by atoms with Crippen LogP contribution >= 0.6 is 0 Å². The van der Waals surface area contributed by atoms with Gasteiger partial charge in [0.25, 0.3) is 0 Å². The van der Waals surface area contributed by atoms with E-state index in [4.69, 9.17) is 14.2 Å². The van der Waals surface area contributed by atoms with Crippen LogP contribution in [0.3, 0.4) is 0 Å². The number of nitrogens with zero attached hydrogens (tertiary/aromatic N) is 4. The summed E-state index contributed by atoms with van der Waals surface area (Å²) in [6.45, 7) is 6.21. The Balaban J connectivity index is 1.53. The fourth-order valence-corrected chi connectivity index (χ4v) is 2.87. The SMILES string of the molecule is Cc1cc(-c2nnn(C)n2)cc(C)c1OCCCCC1OCCO1. The fraction of sp³-hybridized carbons (Fsp3) is 0.588.